The van der Waals surface area contributed by atoms with Crippen molar-refractivity contribution in [2.45, 2.75) is 36.5 Å². The quantitative estimate of drug-likeness (QED) is 0.841. The summed E-state index contributed by atoms with van der Waals surface area (Å²) < 4.78 is 23.9. The number of piperidine rings is 1. The Hall–Kier alpha value is -1.72. The molecule has 1 aromatic rings. The van der Waals surface area contributed by atoms with E-state index in [1.54, 1.807) is 21.3 Å². The Morgan fingerprint density at radius 3 is 2.76 bits per heavy atom. The smallest absolute Gasteiger partial charge is 0.166 e. The van der Waals surface area contributed by atoms with E-state index >= 15 is 0 Å². The first-order valence-electron chi connectivity index (χ1n) is 9.01. The Labute approximate surface area is 148 Å². The topological polar surface area (TPSA) is 40.2 Å². The molecule has 5 atom stereocenters. The summed E-state index contributed by atoms with van der Waals surface area (Å²) in [5.41, 5.74) is 2.64. The number of rotatable bonds is 3. The number of nitrogens with zero attached hydrogens (tertiary/aromatic N) is 1. The Morgan fingerprint density at radius 1 is 1.20 bits per heavy atom. The number of benzene rings is 1. The predicted molar refractivity (Wildman–Crippen MR) is 93.2 cm³/mol. The second-order valence-corrected chi connectivity index (χ2v) is 7.67. The molecule has 1 fully saturated rings. The van der Waals surface area contributed by atoms with Crippen molar-refractivity contribution in [3.8, 4) is 11.5 Å². The first-order chi connectivity index (χ1) is 12.2. The molecule has 0 N–H and O–H groups in total. The first kappa shape index (κ1) is 15.5. The molecule has 134 valence electrons. The van der Waals surface area contributed by atoms with Crippen molar-refractivity contribution in [1.29, 1.82) is 0 Å². The zero-order valence-corrected chi connectivity index (χ0v) is 15.2. The monoisotopic (exact) mass is 343 g/mol. The van der Waals surface area contributed by atoms with E-state index in [9.17, 15) is 0 Å². The van der Waals surface area contributed by atoms with Crippen LogP contribution in [0.15, 0.2) is 24.0 Å². The minimum atomic E-state index is -0.0879. The summed E-state index contributed by atoms with van der Waals surface area (Å²) in [5.74, 6) is 2.99. The van der Waals surface area contributed by atoms with Crippen molar-refractivity contribution in [2.24, 2.45) is 5.92 Å². The van der Waals surface area contributed by atoms with Crippen molar-refractivity contribution in [1.82, 2.24) is 4.90 Å². The molecule has 5 rings (SSSR count). The van der Waals surface area contributed by atoms with Gasteiger partial charge in [-0.25, -0.2) is 0 Å². The summed E-state index contributed by atoms with van der Waals surface area (Å²) in [4.78, 5) is 2.50. The second kappa shape index (κ2) is 5.15. The van der Waals surface area contributed by atoms with Crippen LogP contribution >= 0.6 is 0 Å². The minimum absolute atomic E-state index is 0.0350. The zero-order chi connectivity index (χ0) is 17.3. The molecule has 5 heteroatoms. The van der Waals surface area contributed by atoms with Crippen molar-refractivity contribution >= 4 is 0 Å². The lowest BCUT2D eigenvalue weighted by molar-refractivity contribution is -0.0857. The van der Waals surface area contributed by atoms with Gasteiger partial charge in [0.1, 0.15) is 5.76 Å². The molecule has 2 bridgehead atoms. The van der Waals surface area contributed by atoms with Gasteiger partial charge < -0.3 is 23.8 Å². The molecular formula is C20H25NO4. The molecule has 5 nitrogen and oxygen atoms in total. The summed E-state index contributed by atoms with van der Waals surface area (Å²) in [5, 5.41) is 0. The van der Waals surface area contributed by atoms with Crippen molar-refractivity contribution in [3.05, 3.63) is 35.1 Å². The van der Waals surface area contributed by atoms with Gasteiger partial charge in [0, 0.05) is 24.6 Å². The van der Waals surface area contributed by atoms with E-state index in [0.717, 1.165) is 36.6 Å². The molecule has 0 saturated carbocycles. The van der Waals surface area contributed by atoms with Crippen LogP contribution in [0.5, 0.6) is 11.5 Å². The third-order valence-corrected chi connectivity index (χ3v) is 6.93. The van der Waals surface area contributed by atoms with E-state index in [2.05, 4.69) is 24.1 Å². The van der Waals surface area contributed by atoms with Gasteiger partial charge in [-0.3, -0.25) is 0 Å². The summed E-state index contributed by atoms with van der Waals surface area (Å²) in [6, 6.07) is 4.72. The molecule has 4 aliphatic rings. The highest BCUT2D eigenvalue weighted by Gasteiger charge is 2.67. The number of likely N-dealkylation sites (tertiary alicyclic amines) is 1. The summed E-state index contributed by atoms with van der Waals surface area (Å²) in [6.45, 7) is 1.06. The average molecular weight is 343 g/mol. The van der Waals surface area contributed by atoms with Crippen molar-refractivity contribution in [3.63, 3.8) is 0 Å². The van der Waals surface area contributed by atoms with Crippen LogP contribution in [0.2, 0.25) is 0 Å². The largest absolute Gasteiger partial charge is 0.497 e. The number of hydrogen-bond acceptors (Lipinski definition) is 5. The van der Waals surface area contributed by atoms with E-state index in [-0.39, 0.29) is 17.6 Å². The zero-order valence-electron chi connectivity index (χ0n) is 15.2. The van der Waals surface area contributed by atoms with Crippen molar-refractivity contribution in [2.75, 3.05) is 34.9 Å². The molecule has 0 amide bonds. The van der Waals surface area contributed by atoms with E-state index in [4.69, 9.17) is 18.9 Å². The first-order valence-corrected chi connectivity index (χ1v) is 9.01. The number of ether oxygens (including phenoxy) is 4. The van der Waals surface area contributed by atoms with Crippen LogP contribution < -0.4 is 9.47 Å². The summed E-state index contributed by atoms with van der Waals surface area (Å²) in [6.07, 6.45) is 4.15. The lowest BCUT2D eigenvalue weighted by Gasteiger charge is -2.58. The van der Waals surface area contributed by atoms with E-state index in [1.165, 1.54) is 11.1 Å². The van der Waals surface area contributed by atoms with Gasteiger partial charge in [-0.15, -0.1) is 0 Å². The van der Waals surface area contributed by atoms with Gasteiger partial charge in [-0.05, 0) is 44.1 Å². The fourth-order valence-corrected chi connectivity index (χ4v) is 5.90. The van der Waals surface area contributed by atoms with E-state index < -0.39 is 0 Å². The predicted octanol–water partition coefficient (Wildman–Crippen LogP) is 2.13. The minimum Gasteiger partial charge on any atom is -0.497 e. The highest BCUT2D eigenvalue weighted by molar-refractivity contribution is 5.62. The number of likely N-dealkylation sites (N-methyl/N-ethyl adjacent to an activating group) is 1. The molecule has 2 heterocycles. The summed E-state index contributed by atoms with van der Waals surface area (Å²) >= 11 is 0. The molecular weight excluding hydrogens is 318 g/mol. The van der Waals surface area contributed by atoms with Crippen LogP contribution in [0.25, 0.3) is 0 Å². The molecule has 25 heavy (non-hydrogen) atoms. The molecule has 1 saturated heterocycles. The maximum atomic E-state index is 6.54. The number of methoxy groups -OCH3 is 3. The SMILES string of the molecule is COC1=CC(OC)C2[C@H]3Cc4ccc(OC)c5c4[C@@]2(CCN3C)[C@H]1O5. The van der Waals surface area contributed by atoms with Gasteiger partial charge in [0.05, 0.1) is 25.7 Å². The Morgan fingerprint density at radius 2 is 2.04 bits per heavy atom. The van der Waals surface area contributed by atoms with Gasteiger partial charge in [0.15, 0.2) is 17.6 Å². The normalized spacial score (nSPS) is 37.8. The van der Waals surface area contributed by atoms with E-state index in [1.807, 2.05) is 6.07 Å². The van der Waals surface area contributed by atoms with Crippen LogP contribution in [0.1, 0.15) is 17.5 Å². The average Bonchev–Trinajstić information content (AvgIpc) is 2.98. The van der Waals surface area contributed by atoms with Gasteiger partial charge in [-0.1, -0.05) is 6.07 Å². The van der Waals surface area contributed by atoms with Gasteiger partial charge in [0.25, 0.3) is 0 Å². The van der Waals surface area contributed by atoms with E-state index in [0.29, 0.717) is 12.0 Å². The third kappa shape index (κ3) is 1.71. The maximum Gasteiger partial charge on any atom is 0.166 e. The molecule has 2 unspecified atom stereocenters. The van der Waals surface area contributed by atoms with Crippen LogP contribution in [0.3, 0.4) is 0 Å². The molecule has 2 aliphatic carbocycles. The lowest BCUT2D eigenvalue weighted by Crippen LogP contribution is -2.67. The standard InChI is InChI=1S/C20H25NO4/c1-21-8-7-20-16-11-5-6-13(22-2)18(16)25-19(20)15(24-4)10-14(23-3)17(20)12(21)9-11/h5-6,10,12,14,17,19H,7-9H2,1-4H3/t12-,14?,17?,19+,20-/m1/s1. The molecule has 0 radical (unpaired) electrons. The van der Waals surface area contributed by atoms with Crippen LogP contribution in [0.4, 0.5) is 0 Å². The lowest BCUT2D eigenvalue weighted by atomic mass is 9.52. The maximum absolute atomic E-state index is 6.54. The van der Waals surface area contributed by atoms with Crippen molar-refractivity contribution < 1.29 is 18.9 Å². The Balaban J connectivity index is 1.81. The van der Waals surface area contributed by atoms with Crippen LogP contribution in [-0.2, 0) is 21.3 Å². The van der Waals surface area contributed by atoms with Crippen LogP contribution in [-0.4, -0.2) is 58.1 Å². The Kier molecular flexibility index (Phi) is 3.20. The Bertz CT molecular complexity index is 760. The highest BCUT2D eigenvalue weighted by Crippen LogP contribution is 2.64. The second-order valence-electron chi connectivity index (χ2n) is 7.67. The fourth-order valence-electron chi connectivity index (χ4n) is 5.90. The van der Waals surface area contributed by atoms with Gasteiger partial charge >= 0.3 is 0 Å². The fraction of sp³-hybridized carbons (Fsp3) is 0.600. The summed E-state index contributed by atoms with van der Waals surface area (Å²) in [7, 11) is 7.48. The molecule has 1 aromatic carbocycles. The molecule has 0 aromatic heterocycles. The van der Waals surface area contributed by atoms with Crippen LogP contribution in [0, 0.1) is 5.92 Å². The highest BCUT2D eigenvalue weighted by atomic mass is 16.6. The number of hydrogen-bond donors (Lipinski definition) is 0. The van der Waals surface area contributed by atoms with Gasteiger partial charge in [-0.2, -0.15) is 0 Å². The molecule has 1 spiro atoms. The third-order valence-electron chi connectivity index (χ3n) is 6.93. The van der Waals surface area contributed by atoms with Gasteiger partial charge in [0.2, 0.25) is 0 Å². The molecule has 2 aliphatic heterocycles.